The SMILES string of the molecule is O=C(Cc1cccc(C(F)(F)F)c1)NCCc1noc([C@H]2CCCO2)n1. The van der Waals surface area contributed by atoms with Gasteiger partial charge in [-0.3, -0.25) is 4.79 Å². The molecule has 9 heteroatoms. The zero-order valence-electron chi connectivity index (χ0n) is 13.9. The Kier molecular flexibility index (Phi) is 5.55. The van der Waals surface area contributed by atoms with E-state index in [4.69, 9.17) is 9.26 Å². The van der Waals surface area contributed by atoms with Gasteiger partial charge in [0.15, 0.2) is 5.82 Å². The molecule has 3 rings (SSSR count). The van der Waals surface area contributed by atoms with Crippen LogP contribution in [-0.2, 0) is 28.5 Å². The molecule has 140 valence electrons. The maximum absolute atomic E-state index is 12.7. The highest BCUT2D eigenvalue weighted by atomic mass is 19.4. The predicted octanol–water partition coefficient (Wildman–Crippen LogP) is 2.84. The maximum atomic E-state index is 12.7. The van der Waals surface area contributed by atoms with Gasteiger partial charge in [-0.25, -0.2) is 0 Å². The van der Waals surface area contributed by atoms with Crippen LogP contribution in [0, 0.1) is 0 Å². The standard InChI is InChI=1S/C17H18F3N3O3/c18-17(19,20)12-4-1-3-11(9-12)10-15(24)21-7-6-14-22-16(26-23-14)13-5-2-8-25-13/h1,3-4,9,13H,2,5-8,10H2,(H,21,24)/t13-/m1/s1. The summed E-state index contributed by atoms with van der Waals surface area (Å²) >= 11 is 0. The number of carbonyl (C=O) groups is 1. The fraction of sp³-hybridized carbons (Fsp3) is 0.471. The molecule has 1 aliphatic heterocycles. The molecule has 26 heavy (non-hydrogen) atoms. The molecule has 2 aromatic rings. The Morgan fingerprint density at radius 1 is 1.35 bits per heavy atom. The fourth-order valence-electron chi connectivity index (χ4n) is 2.69. The molecule has 1 aromatic heterocycles. The van der Waals surface area contributed by atoms with E-state index in [1.807, 2.05) is 0 Å². The number of ether oxygens (including phenoxy) is 1. The highest BCUT2D eigenvalue weighted by molar-refractivity contribution is 5.78. The van der Waals surface area contributed by atoms with E-state index in [0.717, 1.165) is 25.0 Å². The highest BCUT2D eigenvalue weighted by Crippen LogP contribution is 2.29. The van der Waals surface area contributed by atoms with Crippen LogP contribution < -0.4 is 5.32 Å². The summed E-state index contributed by atoms with van der Waals surface area (Å²) in [7, 11) is 0. The van der Waals surface area contributed by atoms with Crippen molar-refractivity contribution in [1.29, 1.82) is 0 Å². The first kappa shape index (κ1) is 18.4. The summed E-state index contributed by atoms with van der Waals surface area (Å²) in [6.07, 6.45) is -2.55. The van der Waals surface area contributed by atoms with Crippen molar-refractivity contribution in [2.45, 2.75) is 38.0 Å². The van der Waals surface area contributed by atoms with Gasteiger partial charge in [-0.05, 0) is 24.5 Å². The lowest BCUT2D eigenvalue weighted by Gasteiger charge is -2.09. The van der Waals surface area contributed by atoms with Crippen LogP contribution in [0.1, 0.15) is 41.8 Å². The second kappa shape index (κ2) is 7.86. The van der Waals surface area contributed by atoms with Gasteiger partial charge in [0.05, 0.1) is 12.0 Å². The van der Waals surface area contributed by atoms with Gasteiger partial charge in [0.25, 0.3) is 5.89 Å². The third kappa shape index (κ3) is 4.81. The van der Waals surface area contributed by atoms with Crippen molar-refractivity contribution in [2.75, 3.05) is 13.2 Å². The number of nitrogens with zero attached hydrogens (tertiary/aromatic N) is 2. The third-order valence-electron chi connectivity index (χ3n) is 3.98. The number of benzene rings is 1. The molecular weight excluding hydrogens is 351 g/mol. The molecule has 0 unspecified atom stereocenters. The number of rotatable bonds is 6. The summed E-state index contributed by atoms with van der Waals surface area (Å²) in [6.45, 7) is 0.941. The summed E-state index contributed by atoms with van der Waals surface area (Å²) in [6, 6.07) is 4.73. The lowest BCUT2D eigenvalue weighted by atomic mass is 10.1. The monoisotopic (exact) mass is 369 g/mol. The van der Waals surface area contributed by atoms with Crippen LogP contribution in [0.2, 0.25) is 0 Å². The van der Waals surface area contributed by atoms with Crippen LogP contribution in [-0.4, -0.2) is 29.2 Å². The minimum absolute atomic E-state index is 0.128. The number of aromatic nitrogens is 2. The average Bonchev–Trinajstić information content (AvgIpc) is 3.25. The molecule has 0 aliphatic carbocycles. The van der Waals surface area contributed by atoms with Crippen LogP contribution in [0.3, 0.4) is 0 Å². The zero-order valence-corrected chi connectivity index (χ0v) is 13.9. The summed E-state index contributed by atoms with van der Waals surface area (Å²) in [4.78, 5) is 16.1. The number of carbonyl (C=O) groups excluding carboxylic acids is 1. The Balaban J connectivity index is 1.46. The van der Waals surface area contributed by atoms with Crippen molar-refractivity contribution >= 4 is 5.91 Å². The van der Waals surface area contributed by atoms with Crippen LogP contribution >= 0.6 is 0 Å². The average molecular weight is 369 g/mol. The maximum Gasteiger partial charge on any atom is 0.416 e. The summed E-state index contributed by atoms with van der Waals surface area (Å²) in [5.41, 5.74) is -0.464. The molecule has 1 fully saturated rings. The van der Waals surface area contributed by atoms with E-state index in [0.29, 0.717) is 30.3 Å². The Hall–Kier alpha value is -2.42. The van der Waals surface area contributed by atoms with Gasteiger partial charge < -0.3 is 14.6 Å². The Morgan fingerprint density at radius 3 is 2.92 bits per heavy atom. The van der Waals surface area contributed by atoms with E-state index in [2.05, 4.69) is 15.5 Å². The Morgan fingerprint density at radius 2 is 2.19 bits per heavy atom. The zero-order chi connectivity index (χ0) is 18.6. The summed E-state index contributed by atoms with van der Waals surface area (Å²) in [5.74, 6) is 0.523. The second-order valence-corrected chi connectivity index (χ2v) is 6.03. The van der Waals surface area contributed by atoms with E-state index in [-0.39, 0.29) is 25.0 Å². The Bertz CT molecular complexity index is 755. The predicted molar refractivity (Wildman–Crippen MR) is 84.1 cm³/mol. The number of amides is 1. The van der Waals surface area contributed by atoms with Gasteiger partial charge in [-0.2, -0.15) is 18.2 Å². The molecule has 1 aromatic carbocycles. The van der Waals surface area contributed by atoms with E-state index in [1.165, 1.54) is 12.1 Å². The molecule has 6 nitrogen and oxygen atoms in total. The molecule has 2 heterocycles. The van der Waals surface area contributed by atoms with Crippen molar-refractivity contribution < 1.29 is 27.2 Å². The molecule has 1 amide bonds. The molecule has 0 spiro atoms. The first-order valence-corrected chi connectivity index (χ1v) is 8.29. The number of halogens is 3. The van der Waals surface area contributed by atoms with Gasteiger partial charge in [0.1, 0.15) is 6.10 Å². The first-order chi connectivity index (χ1) is 12.4. The molecule has 1 saturated heterocycles. The van der Waals surface area contributed by atoms with Crippen LogP contribution in [0.4, 0.5) is 13.2 Å². The summed E-state index contributed by atoms with van der Waals surface area (Å²) in [5, 5.41) is 6.48. The van der Waals surface area contributed by atoms with Crippen LogP contribution in [0.25, 0.3) is 0 Å². The van der Waals surface area contributed by atoms with Gasteiger partial charge in [-0.15, -0.1) is 0 Å². The smallest absolute Gasteiger partial charge is 0.368 e. The van der Waals surface area contributed by atoms with Crippen molar-refractivity contribution in [3.63, 3.8) is 0 Å². The fourth-order valence-corrected chi connectivity index (χ4v) is 2.69. The number of alkyl halides is 3. The lowest BCUT2D eigenvalue weighted by molar-refractivity contribution is -0.137. The lowest BCUT2D eigenvalue weighted by Crippen LogP contribution is -2.27. The molecule has 1 atom stereocenters. The van der Waals surface area contributed by atoms with Gasteiger partial charge in [0.2, 0.25) is 5.91 Å². The minimum atomic E-state index is -4.42. The molecular formula is C17H18F3N3O3. The topological polar surface area (TPSA) is 77.2 Å². The summed E-state index contributed by atoms with van der Waals surface area (Å²) < 4.78 is 48.6. The minimum Gasteiger partial charge on any atom is -0.368 e. The normalized spacial score (nSPS) is 17.4. The number of hydrogen-bond acceptors (Lipinski definition) is 5. The van der Waals surface area contributed by atoms with Gasteiger partial charge in [-0.1, -0.05) is 23.4 Å². The highest BCUT2D eigenvalue weighted by Gasteiger charge is 2.30. The van der Waals surface area contributed by atoms with E-state index >= 15 is 0 Å². The molecule has 1 aliphatic rings. The first-order valence-electron chi connectivity index (χ1n) is 8.29. The number of hydrogen-bond donors (Lipinski definition) is 1. The Labute approximate surface area is 147 Å². The van der Waals surface area contributed by atoms with Crippen molar-refractivity contribution in [2.24, 2.45) is 0 Å². The van der Waals surface area contributed by atoms with Crippen molar-refractivity contribution in [3.05, 3.63) is 47.1 Å². The van der Waals surface area contributed by atoms with Crippen LogP contribution in [0.15, 0.2) is 28.8 Å². The van der Waals surface area contributed by atoms with E-state index in [9.17, 15) is 18.0 Å². The largest absolute Gasteiger partial charge is 0.416 e. The molecule has 0 bridgehead atoms. The van der Waals surface area contributed by atoms with E-state index < -0.39 is 11.7 Å². The van der Waals surface area contributed by atoms with E-state index in [1.54, 1.807) is 0 Å². The molecule has 0 radical (unpaired) electrons. The third-order valence-corrected chi connectivity index (χ3v) is 3.98. The van der Waals surface area contributed by atoms with Crippen molar-refractivity contribution in [3.8, 4) is 0 Å². The van der Waals surface area contributed by atoms with Gasteiger partial charge in [0, 0.05) is 19.6 Å². The van der Waals surface area contributed by atoms with Crippen LogP contribution in [0.5, 0.6) is 0 Å². The molecule has 1 N–H and O–H groups in total. The number of nitrogens with one attached hydrogen (secondary N) is 1. The van der Waals surface area contributed by atoms with Gasteiger partial charge >= 0.3 is 6.18 Å². The molecule has 0 saturated carbocycles. The quantitative estimate of drug-likeness (QED) is 0.847. The second-order valence-electron chi connectivity index (χ2n) is 6.03. The van der Waals surface area contributed by atoms with Crippen molar-refractivity contribution in [1.82, 2.24) is 15.5 Å².